The number of nitrogens with one attached hydrogen (secondary N) is 1. The van der Waals surface area contributed by atoms with Gasteiger partial charge in [0.2, 0.25) is 5.91 Å². The van der Waals surface area contributed by atoms with E-state index in [1.54, 1.807) is 49.6 Å². The molecule has 0 saturated carbocycles. The Hall–Kier alpha value is -4.04. The molecule has 2 amide bonds. The summed E-state index contributed by atoms with van der Waals surface area (Å²) < 4.78 is 5.45. The molecule has 3 aromatic rings. The van der Waals surface area contributed by atoms with E-state index < -0.39 is 11.7 Å². The minimum Gasteiger partial charge on any atom is -0.496 e. The van der Waals surface area contributed by atoms with E-state index in [2.05, 4.69) is 21.9 Å². The van der Waals surface area contributed by atoms with Crippen molar-refractivity contribution in [1.82, 2.24) is 14.9 Å². The van der Waals surface area contributed by atoms with Crippen LogP contribution in [0.3, 0.4) is 0 Å². The SMILES string of the molecule is C=CC(=O)Nc1ccc(OC)c(Cc2ncc(Cl)c(Cc3ccccc3C(=O)C(=O)N(C)C)n2)c1. The molecule has 2 aromatic carbocycles. The van der Waals surface area contributed by atoms with E-state index in [0.717, 1.165) is 5.56 Å². The summed E-state index contributed by atoms with van der Waals surface area (Å²) in [5.41, 5.74) is 2.79. The summed E-state index contributed by atoms with van der Waals surface area (Å²) >= 11 is 6.38. The van der Waals surface area contributed by atoms with Crippen molar-refractivity contribution in [1.29, 1.82) is 0 Å². The second-order valence-electron chi connectivity index (χ2n) is 7.84. The third-order valence-corrected chi connectivity index (χ3v) is 5.48. The minimum atomic E-state index is -0.609. The Balaban J connectivity index is 1.91. The number of amides is 2. The fourth-order valence-electron chi connectivity index (χ4n) is 3.41. The molecule has 0 unspecified atom stereocenters. The highest BCUT2D eigenvalue weighted by Gasteiger charge is 2.22. The van der Waals surface area contributed by atoms with Crippen molar-refractivity contribution < 1.29 is 19.1 Å². The Morgan fingerprint density at radius 3 is 2.54 bits per heavy atom. The Bertz CT molecular complexity index is 1290. The van der Waals surface area contributed by atoms with E-state index in [1.807, 2.05) is 0 Å². The molecule has 0 atom stereocenters. The number of hydrogen-bond donors (Lipinski definition) is 1. The van der Waals surface area contributed by atoms with Gasteiger partial charge in [-0.3, -0.25) is 14.4 Å². The molecule has 3 rings (SSSR count). The van der Waals surface area contributed by atoms with Crippen LogP contribution in [-0.2, 0) is 22.4 Å². The van der Waals surface area contributed by atoms with Gasteiger partial charge in [-0.25, -0.2) is 9.97 Å². The zero-order valence-corrected chi connectivity index (χ0v) is 20.4. The van der Waals surface area contributed by atoms with Crippen molar-refractivity contribution in [3.63, 3.8) is 0 Å². The number of carbonyl (C=O) groups is 3. The number of halogens is 1. The molecule has 0 bridgehead atoms. The van der Waals surface area contributed by atoms with Crippen LogP contribution in [0.15, 0.2) is 61.3 Å². The molecule has 1 aromatic heterocycles. The molecule has 0 aliphatic carbocycles. The molecule has 0 saturated heterocycles. The number of aromatic nitrogens is 2. The maximum Gasteiger partial charge on any atom is 0.294 e. The number of rotatable bonds is 9. The first kappa shape index (κ1) is 25.6. The molecular weight excluding hydrogens is 468 g/mol. The summed E-state index contributed by atoms with van der Waals surface area (Å²) in [6.45, 7) is 3.46. The van der Waals surface area contributed by atoms with Crippen molar-refractivity contribution in [2.45, 2.75) is 12.8 Å². The van der Waals surface area contributed by atoms with Crippen LogP contribution in [0, 0.1) is 0 Å². The predicted molar refractivity (Wildman–Crippen MR) is 134 cm³/mol. The van der Waals surface area contributed by atoms with Crippen LogP contribution in [0.5, 0.6) is 5.75 Å². The van der Waals surface area contributed by atoms with Crippen LogP contribution in [0.1, 0.15) is 33.0 Å². The van der Waals surface area contributed by atoms with Gasteiger partial charge in [-0.15, -0.1) is 0 Å². The maximum absolute atomic E-state index is 12.7. The first-order chi connectivity index (χ1) is 16.7. The van der Waals surface area contributed by atoms with Crippen molar-refractivity contribution in [2.75, 3.05) is 26.5 Å². The number of ether oxygens (including phenoxy) is 1. The number of anilines is 1. The fraction of sp³-hybridized carbons (Fsp3) is 0.192. The smallest absolute Gasteiger partial charge is 0.294 e. The lowest BCUT2D eigenvalue weighted by molar-refractivity contribution is -0.124. The molecule has 0 spiro atoms. The monoisotopic (exact) mass is 492 g/mol. The van der Waals surface area contributed by atoms with Crippen molar-refractivity contribution >= 4 is 34.9 Å². The highest BCUT2D eigenvalue weighted by molar-refractivity contribution is 6.43. The third-order valence-electron chi connectivity index (χ3n) is 5.17. The second kappa shape index (κ2) is 11.4. The lowest BCUT2D eigenvalue weighted by atomic mass is 9.99. The van der Waals surface area contributed by atoms with Crippen LogP contribution < -0.4 is 10.1 Å². The highest BCUT2D eigenvalue weighted by Crippen LogP contribution is 2.26. The number of Topliss-reactive ketones (excluding diaryl/α,β-unsaturated/α-hetero) is 1. The average Bonchev–Trinajstić information content (AvgIpc) is 2.85. The molecule has 0 fully saturated rings. The maximum atomic E-state index is 12.7. The first-order valence-electron chi connectivity index (χ1n) is 10.7. The van der Waals surface area contributed by atoms with Gasteiger partial charge in [-0.1, -0.05) is 42.4 Å². The van der Waals surface area contributed by atoms with Crippen molar-refractivity contribution in [3.8, 4) is 5.75 Å². The number of methoxy groups -OCH3 is 1. The Morgan fingerprint density at radius 2 is 1.86 bits per heavy atom. The number of hydrogen-bond acceptors (Lipinski definition) is 6. The van der Waals surface area contributed by atoms with Crippen LogP contribution >= 0.6 is 11.6 Å². The number of carbonyl (C=O) groups excluding carboxylic acids is 3. The largest absolute Gasteiger partial charge is 0.496 e. The molecule has 8 nitrogen and oxygen atoms in total. The molecule has 1 N–H and O–H groups in total. The number of ketones is 1. The summed E-state index contributed by atoms with van der Waals surface area (Å²) in [5, 5.41) is 3.06. The molecule has 0 aliphatic rings. The van der Waals surface area contributed by atoms with Crippen LogP contribution in [0.2, 0.25) is 5.02 Å². The average molecular weight is 493 g/mol. The number of nitrogens with zero attached hydrogens (tertiary/aromatic N) is 3. The lowest BCUT2D eigenvalue weighted by Crippen LogP contribution is -2.30. The fourth-order valence-corrected chi connectivity index (χ4v) is 3.56. The Kier molecular flexibility index (Phi) is 8.33. The summed E-state index contributed by atoms with van der Waals surface area (Å²) in [6.07, 6.45) is 3.24. The van der Waals surface area contributed by atoms with E-state index >= 15 is 0 Å². The molecule has 9 heteroatoms. The molecule has 0 aliphatic heterocycles. The third kappa shape index (κ3) is 6.30. The zero-order valence-electron chi connectivity index (χ0n) is 19.7. The van der Waals surface area contributed by atoms with Crippen molar-refractivity contribution in [2.24, 2.45) is 0 Å². The highest BCUT2D eigenvalue weighted by atomic mass is 35.5. The second-order valence-corrected chi connectivity index (χ2v) is 8.25. The summed E-state index contributed by atoms with van der Waals surface area (Å²) in [7, 11) is 4.61. The van der Waals surface area contributed by atoms with E-state index in [9.17, 15) is 14.4 Å². The predicted octanol–water partition coefficient (Wildman–Crippen LogP) is 3.72. The Labute approximate surface area is 208 Å². The van der Waals surface area contributed by atoms with Crippen LogP contribution in [-0.4, -0.2) is 53.7 Å². The van der Waals surface area contributed by atoms with Crippen LogP contribution in [0.4, 0.5) is 5.69 Å². The molecule has 180 valence electrons. The lowest BCUT2D eigenvalue weighted by Gasteiger charge is -2.13. The Morgan fingerprint density at radius 1 is 1.11 bits per heavy atom. The van der Waals surface area contributed by atoms with Crippen LogP contribution in [0.25, 0.3) is 0 Å². The quantitative estimate of drug-likeness (QED) is 0.277. The standard InChI is InChI=1S/C26H25ClN4O4/c1-5-24(32)29-18-10-11-22(35-4)17(12-18)14-23-28-15-20(27)21(30-23)13-16-8-6-7-9-19(16)25(33)26(34)31(2)3/h5-12,15H,1,13-14H2,2-4H3,(H,29,32). The minimum absolute atomic E-state index is 0.240. The molecule has 35 heavy (non-hydrogen) atoms. The summed E-state index contributed by atoms with van der Waals surface area (Å²) in [4.78, 5) is 46.8. The first-order valence-corrected chi connectivity index (χ1v) is 11.1. The topological polar surface area (TPSA) is 101 Å². The van der Waals surface area contributed by atoms with Gasteiger partial charge >= 0.3 is 0 Å². The van der Waals surface area contributed by atoms with Gasteiger partial charge in [0.05, 0.1) is 17.8 Å². The van der Waals surface area contributed by atoms with Gasteiger partial charge in [0.1, 0.15) is 11.6 Å². The van der Waals surface area contributed by atoms with Crippen molar-refractivity contribution in [3.05, 3.63) is 94.5 Å². The van der Waals surface area contributed by atoms with Gasteiger partial charge in [0, 0.05) is 49.9 Å². The van der Waals surface area contributed by atoms with E-state index in [4.69, 9.17) is 16.3 Å². The molecule has 1 heterocycles. The number of likely N-dealkylation sites (N-methyl/N-ethyl adjacent to an activating group) is 1. The molecular formula is C26H25ClN4O4. The van der Waals surface area contributed by atoms with E-state index in [-0.39, 0.29) is 12.3 Å². The normalized spacial score (nSPS) is 10.4. The summed E-state index contributed by atoms with van der Waals surface area (Å²) in [6, 6.07) is 12.1. The number of benzene rings is 2. The van der Waals surface area contributed by atoms with Gasteiger partial charge in [-0.2, -0.15) is 0 Å². The van der Waals surface area contributed by atoms with Gasteiger partial charge in [0.25, 0.3) is 11.7 Å². The zero-order chi connectivity index (χ0) is 25.5. The van der Waals surface area contributed by atoms with Gasteiger partial charge < -0.3 is 15.0 Å². The van der Waals surface area contributed by atoms with E-state index in [0.29, 0.717) is 45.5 Å². The van der Waals surface area contributed by atoms with E-state index in [1.165, 1.54) is 31.3 Å². The van der Waals surface area contributed by atoms with Gasteiger partial charge in [-0.05, 0) is 29.8 Å². The van der Waals surface area contributed by atoms with Gasteiger partial charge in [0.15, 0.2) is 0 Å². The summed E-state index contributed by atoms with van der Waals surface area (Å²) in [5.74, 6) is -0.448. The molecule has 0 radical (unpaired) electrons.